The second kappa shape index (κ2) is 6.66. The van der Waals surface area contributed by atoms with Crippen LogP contribution in [0.5, 0.6) is 17.2 Å². The first-order valence-electron chi connectivity index (χ1n) is 6.54. The van der Waals surface area contributed by atoms with Gasteiger partial charge < -0.3 is 25.7 Å². The molecule has 0 spiro atoms. The quantitative estimate of drug-likeness (QED) is 0.746. The van der Waals surface area contributed by atoms with Gasteiger partial charge in [0, 0.05) is 6.42 Å². The van der Waals surface area contributed by atoms with Gasteiger partial charge in [-0.1, -0.05) is 11.6 Å². The molecule has 1 heterocycles. The molecule has 0 radical (unpaired) electrons. The molecular weight excluding hydrogens is 324 g/mol. The molecule has 1 aromatic heterocycles. The molecule has 0 bridgehead atoms. The lowest BCUT2D eigenvalue weighted by Crippen LogP contribution is -2.19. The maximum atomic E-state index is 12.0. The fourth-order valence-corrected chi connectivity index (χ4v) is 2.48. The Morgan fingerprint density at radius 1 is 1.17 bits per heavy atom. The minimum absolute atomic E-state index is 0.0380. The Morgan fingerprint density at radius 2 is 1.83 bits per heavy atom. The summed E-state index contributed by atoms with van der Waals surface area (Å²) in [6.45, 7) is 0. The first kappa shape index (κ1) is 16.8. The van der Waals surface area contributed by atoms with E-state index in [4.69, 9.17) is 37.3 Å². The average molecular weight is 341 g/mol. The lowest BCUT2D eigenvalue weighted by Gasteiger charge is -2.16. The van der Waals surface area contributed by atoms with Crippen LogP contribution in [-0.4, -0.2) is 31.3 Å². The molecule has 0 saturated heterocycles. The highest BCUT2D eigenvalue weighted by Crippen LogP contribution is 2.45. The molecular formula is C14H17ClN4O4. The lowest BCUT2D eigenvalue weighted by atomic mass is 10.0. The van der Waals surface area contributed by atoms with Gasteiger partial charge in [-0.2, -0.15) is 4.98 Å². The molecule has 0 atom stereocenters. The third kappa shape index (κ3) is 3.11. The van der Waals surface area contributed by atoms with Crippen molar-refractivity contribution < 1.29 is 14.2 Å². The fraction of sp³-hybridized carbons (Fsp3) is 0.286. The molecule has 9 heteroatoms. The zero-order valence-corrected chi connectivity index (χ0v) is 13.7. The number of anilines is 2. The second-order valence-electron chi connectivity index (χ2n) is 4.61. The van der Waals surface area contributed by atoms with Gasteiger partial charge in [0.1, 0.15) is 5.82 Å². The van der Waals surface area contributed by atoms with Crippen LogP contribution < -0.4 is 31.2 Å². The van der Waals surface area contributed by atoms with Gasteiger partial charge in [0.15, 0.2) is 11.5 Å². The lowest BCUT2D eigenvalue weighted by molar-refractivity contribution is 0.324. The van der Waals surface area contributed by atoms with Crippen LogP contribution in [-0.2, 0) is 6.42 Å². The molecule has 2 aromatic rings. The number of halogens is 1. The van der Waals surface area contributed by atoms with E-state index >= 15 is 0 Å². The standard InChI is InChI=1S/C14H17ClN4O4/c1-21-8-5-6(9(15)11(23-3)10(8)22-2)4-7-12(16)18-14(17)19-13(7)20/h5H,4H2,1-3H3,(H5,16,17,18,19,20). The monoisotopic (exact) mass is 340 g/mol. The number of nitrogen functional groups attached to an aromatic ring is 2. The van der Waals surface area contributed by atoms with Crippen molar-refractivity contribution in [3.63, 3.8) is 0 Å². The minimum atomic E-state index is -0.431. The third-order valence-electron chi connectivity index (χ3n) is 3.28. The number of nitrogens with two attached hydrogens (primary N) is 2. The van der Waals surface area contributed by atoms with Gasteiger partial charge in [-0.05, 0) is 11.6 Å². The summed E-state index contributed by atoms with van der Waals surface area (Å²) in [5.74, 6) is 1.08. The van der Waals surface area contributed by atoms with Crippen molar-refractivity contribution in [1.82, 2.24) is 9.97 Å². The highest BCUT2D eigenvalue weighted by Gasteiger charge is 2.21. The summed E-state index contributed by atoms with van der Waals surface area (Å²) in [4.78, 5) is 18.3. The van der Waals surface area contributed by atoms with Gasteiger partial charge in [-0.3, -0.25) is 9.78 Å². The molecule has 2 rings (SSSR count). The zero-order chi connectivity index (χ0) is 17.1. The highest BCUT2D eigenvalue weighted by atomic mass is 35.5. The average Bonchev–Trinajstić information content (AvgIpc) is 2.51. The molecule has 0 aliphatic rings. The fourth-order valence-electron chi connectivity index (χ4n) is 2.19. The van der Waals surface area contributed by atoms with Gasteiger partial charge >= 0.3 is 0 Å². The number of benzene rings is 1. The van der Waals surface area contributed by atoms with Crippen LogP contribution in [0.4, 0.5) is 11.8 Å². The number of aromatic amines is 1. The Morgan fingerprint density at radius 3 is 2.35 bits per heavy atom. The summed E-state index contributed by atoms with van der Waals surface area (Å²) in [6, 6.07) is 1.65. The van der Waals surface area contributed by atoms with E-state index in [1.807, 2.05) is 0 Å². The van der Waals surface area contributed by atoms with Crippen LogP contribution >= 0.6 is 11.6 Å². The summed E-state index contributed by atoms with van der Waals surface area (Å²) in [6.07, 6.45) is 0.129. The number of ether oxygens (including phenoxy) is 3. The van der Waals surface area contributed by atoms with Crippen molar-refractivity contribution in [2.45, 2.75) is 6.42 Å². The van der Waals surface area contributed by atoms with Crippen molar-refractivity contribution >= 4 is 23.4 Å². The molecule has 0 saturated carbocycles. The predicted molar refractivity (Wildman–Crippen MR) is 87.6 cm³/mol. The smallest absolute Gasteiger partial charge is 0.257 e. The third-order valence-corrected chi connectivity index (χ3v) is 3.69. The maximum Gasteiger partial charge on any atom is 0.257 e. The predicted octanol–water partition coefficient (Wildman–Crippen LogP) is 1.20. The van der Waals surface area contributed by atoms with E-state index in [1.54, 1.807) is 6.07 Å². The molecule has 8 nitrogen and oxygen atoms in total. The van der Waals surface area contributed by atoms with Gasteiger partial charge in [0.2, 0.25) is 11.7 Å². The first-order valence-corrected chi connectivity index (χ1v) is 6.92. The van der Waals surface area contributed by atoms with E-state index in [9.17, 15) is 4.79 Å². The second-order valence-corrected chi connectivity index (χ2v) is 4.99. The van der Waals surface area contributed by atoms with Crippen molar-refractivity contribution in [2.75, 3.05) is 32.8 Å². The van der Waals surface area contributed by atoms with E-state index in [1.165, 1.54) is 21.3 Å². The zero-order valence-electron chi connectivity index (χ0n) is 12.9. The first-order chi connectivity index (χ1) is 10.9. The molecule has 0 aliphatic carbocycles. The van der Waals surface area contributed by atoms with E-state index in [-0.39, 0.29) is 23.8 Å². The van der Waals surface area contributed by atoms with E-state index < -0.39 is 5.56 Å². The maximum absolute atomic E-state index is 12.0. The van der Waals surface area contributed by atoms with Crippen LogP contribution in [0.2, 0.25) is 5.02 Å². The van der Waals surface area contributed by atoms with Crippen molar-refractivity contribution in [3.8, 4) is 17.2 Å². The van der Waals surface area contributed by atoms with Crippen LogP contribution in [0.15, 0.2) is 10.9 Å². The van der Waals surface area contributed by atoms with Crippen molar-refractivity contribution in [1.29, 1.82) is 0 Å². The van der Waals surface area contributed by atoms with E-state index in [0.29, 0.717) is 27.8 Å². The molecule has 0 aliphatic heterocycles. The Bertz CT molecular complexity index is 791. The number of nitrogens with one attached hydrogen (secondary N) is 1. The molecule has 0 unspecified atom stereocenters. The summed E-state index contributed by atoms with van der Waals surface area (Å²) in [7, 11) is 4.42. The number of methoxy groups -OCH3 is 3. The number of aromatic nitrogens is 2. The van der Waals surface area contributed by atoms with Crippen molar-refractivity contribution in [2.24, 2.45) is 0 Å². The van der Waals surface area contributed by atoms with E-state index in [2.05, 4.69) is 9.97 Å². The SMILES string of the molecule is COc1cc(Cc2c(N)nc(N)[nH]c2=O)c(Cl)c(OC)c1OC. The number of hydrogen-bond donors (Lipinski definition) is 3. The topological polar surface area (TPSA) is 125 Å². The minimum Gasteiger partial charge on any atom is -0.493 e. The number of rotatable bonds is 5. The van der Waals surface area contributed by atoms with Crippen LogP contribution in [0.3, 0.4) is 0 Å². The number of hydrogen-bond acceptors (Lipinski definition) is 7. The summed E-state index contributed by atoms with van der Waals surface area (Å²) in [5.41, 5.74) is 11.6. The molecule has 5 N–H and O–H groups in total. The number of H-pyrrole nitrogens is 1. The normalized spacial score (nSPS) is 10.4. The molecule has 0 fully saturated rings. The number of nitrogens with zero attached hydrogens (tertiary/aromatic N) is 1. The summed E-state index contributed by atoms with van der Waals surface area (Å²) >= 11 is 6.35. The molecule has 1 aromatic carbocycles. The van der Waals surface area contributed by atoms with Crippen molar-refractivity contribution in [3.05, 3.63) is 32.6 Å². The van der Waals surface area contributed by atoms with Gasteiger partial charge in [-0.15, -0.1) is 0 Å². The van der Waals surface area contributed by atoms with Gasteiger partial charge in [-0.25, -0.2) is 0 Å². The van der Waals surface area contributed by atoms with Crippen LogP contribution in [0.1, 0.15) is 11.1 Å². The molecule has 23 heavy (non-hydrogen) atoms. The van der Waals surface area contributed by atoms with Gasteiger partial charge in [0.05, 0.1) is 31.9 Å². The Kier molecular flexibility index (Phi) is 4.85. The van der Waals surface area contributed by atoms with Crippen LogP contribution in [0, 0.1) is 0 Å². The molecule has 0 amide bonds. The van der Waals surface area contributed by atoms with E-state index in [0.717, 1.165) is 0 Å². The Balaban J connectivity index is 2.59. The molecule has 124 valence electrons. The Labute approximate surface area is 137 Å². The summed E-state index contributed by atoms with van der Waals surface area (Å²) < 4.78 is 15.8. The Hall–Kier alpha value is -2.61. The largest absolute Gasteiger partial charge is 0.493 e. The summed E-state index contributed by atoms with van der Waals surface area (Å²) in [5, 5.41) is 0.292. The highest BCUT2D eigenvalue weighted by molar-refractivity contribution is 6.33. The van der Waals surface area contributed by atoms with Crippen LogP contribution in [0.25, 0.3) is 0 Å². The van der Waals surface area contributed by atoms with Gasteiger partial charge in [0.25, 0.3) is 5.56 Å².